The molecule has 0 spiro atoms. The second-order valence-electron chi connectivity index (χ2n) is 6.63. The highest BCUT2D eigenvalue weighted by molar-refractivity contribution is 6.35. The fourth-order valence-corrected chi connectivity index (χ4v) is 4.03. The number of anilines is 1. The maximum Gasteiger partial charge on any atom is 0.205 e. The Morgan fingerprint density at radius 2 is 2.07 bits per heavy atom. The van der Waals surface area contributed by atoms with Gasteiger partial charge in [-0.05, 0) is 37.1 Å². The minimum Gasteiger partial charge on any atom is -0.506 e. The van der Waals surface area contributed by atoms with Crippen molar-refractivity contribution in [2.75, 3.05) is 18.0 Å². The average molecular weight is 427 g/mol. The van der Waals surface area contributed by atoms with Crippen molar-refractivity contribution in [3.05, 3.63) is 45.0 Å². The Bertz CT molecular complexity index is 977. The Balaban J connectivity index is 1.45. The number of benzene rings is 1. The van der Waals surface area contributed by atoms with Gasteiger partial charge in [-0.2, -0.15) is 4.98 Å². The summed E-state index contributed by atoms with van der Waals surface area (Å²) in [6, 6.07) is 7.14. The molecule has 2 aromatic heterocycles. The molecule has 3 N–H and O–H groups in total. The third kappa shape index (κ3) is 4.09. The van der Waals surface area contributed by atoms with Gasteiger partial charge in [0.05, 0.1) is 10.5 Å². The number of nitrogens with zero attached hydrogens (tertiary/aromatic N) is 3. The van der Waals surface area contributed by atoms with Crippen LogP contribution < -0.4 is 10.2 Å². The van der Waals surface area contributed by atoms with Gasteiger partial charge in [0.1, 0.15) is 10.9 Å². The van der Waals surface area contributed by atoms with Crippen LogP contribution in [0.2, 0.25) is 15.2 Å². The molecule has 0 bridgehead atoms. The Morgan fingerprint density at radius 1 is 1.22 bits per heavy atom. The van der Waals surface area contributed by atoms with Gasteiger partial charge in [-0.1, -0.05) is 34.8 Å². The van der Waals surface area contributed by atoms with E-state index in [9.17, 15) is 5.11 Å². The van der Waals surface area contributed by atoms with E-state index in [1.54, 1.807) is 12.1 Å². The number of hydrogen-bond acceptors (Lipinski definition) is 5. The minimum atomic E-state index is 0.0708. The van der Waals surface area contributed by atoms with Crippen molar-refractivity contribution in [1.29, 1.82) is 0 Å². The van der Waals surface area contributed by atoms with Gasteiger partial charge in [0.2, 0.25) is 5.95 Å². The van der Waals surface area contributed by atoms with Gasteiger partial charge in [-0.15, -0.1) is 0 Å². The van der Waals surface area contributed by atoms with Crippen molar-refractivity contribution in [2.24, 2.45) is 0 Å². The van der Waals surface area contributed by atoms with Crippen molar-refractivity contribution in [3.63, 3.8) is 0 Å². The van der Waals surface area contributed by atoms with E-state index in [1.807, 2.05) is 6.07 Å². The zero-order valence-corrected chi connectivity index (χ0v) is 16.6. The Labute approximate surface area is 171 Å². The Morgan fingerprint density at radius 3 is 2.93 bits per heavy atom. The van der Waals surface area contributed by atoms with Gasteiger partial charge in [-0.3, -0.25) is 0 Å². The molecule has 3 aromatic rings. The number of nitrogens with one attached hydrogen (secondary N) is 2. The molecular weight excluding hydrogens is 409 g/mol. The van der Waals surface area contributed by atoms with E-state index in [2.05, 4.69) is 25.2 Å². The summed E-state index contributed by atoms with van der Waals surface area (Å²) in [5.41, 5.74) is 2.17. The average Bonchev–Trinajstić information content (AvgIpc) is 3.07. The van der Waals surface area contributed by atoms with Crippen LogP contribution >= 0.6 is 34.8 Å². The van der Waals surface area contributed by atoms with Gasteiger partial charge in [-0.25, -0.2) is 4.98 Å². The fraction of sp³-hybridized carbons (Fsp3) is 0.333. The number of imidazole rings is 1. The van der Waals surface area contributed by atoms with Crippen molar-refractivity contribution in [2.45, 2.75) is 25.4 Å². The number of phenolic OH excluding ortho intramolecular Hbond substituents is 1. The molecule has 1 saturated heterocycles. The SMILES string of the molecule is Oc1c(Cl)cc(Cl)cc1CN[C@H]1CCCN(c2nc3nc(Cl)ccc3[nH]2)C1. The normalized spacial score (nSPS) is 17.6. The molecule has 0 saturated carbocycles. The van der Waals surface area contributed by atoms with Gasteiger partial charge in [0, 0.05) is 36.3 Å². The summed E-state index contributed by atoms with van der Waals surface area (Å²) in [6.45, 7) is 2.20. The lowest BCUT2D eigenvalue weighted by molar-refractivity contribution is 0.411. The van der Waals surface area contributed by atoms with Gasteiger partial charge in [0.15, 0.2) is 5.65 Å². The van der Waals surface area contributed by atoms with Crippen LogP contribution in [0.4, 0.5) is 5.95 Å². The van der Waals surface area contributed by atoms with Crippen LogP contribution in [0.3, 0.4) is 0 Å². The topological polar surface area (TPSA) is 77.1 Å². The van der Waals surface area contributed by atoms with Crippen LogP contribution in [0.5, 0.6) is 5.75 Å². The molecule has 0 unspecified atom stereocenters. The zero-order valence-electron chi connectivity index (χ0n) is 14.3. The first-order valence-corrected chi connectivity index (χ1v) is 9.80. The molecule has 1 aromatic carbocycles. The third-order valence-corrected chi connectivity index (χ3v) is 5.43. The van der Waals surface area contributed by atoms with E-state index in [0.29, 0.717) is 27.9 Å². The summed E-state index contributed by atoms with van der Waals surface area (Å²) >= 11 is 18.0. The summed E-state index contributed by atoms with van der Waals surface area (Å²) in [5, 5.41) is 14.8. The summed E-state index contributed by atoms with van der Waals surface area (Å²) in [4.78, 5) is 14.3. The number of aromatic hydroxyl groups is 1. The largest absolute Gasteiger partial charge is 0.506 e. The van der Waals surface area contributed by atoms with Gasteiger partial charge < -0.3 is 20.3 Å². The third-order valence-electron chi connectivity index (χ3n) is 4.71. The smallest absolute Gasteiger partial charge is 0.205 e. The first kappa shape index (κ1) is 18.6. The standard InChI is InChI=1S/C18H18Cl3N5O/c19-11-6-10(16(27)13(20)7-11)8-22-12-2-1-5-26(9-12)18-23-14-3-4-15(21)24-17(14)25-18/h3-4,6-7,12,22,27H,1-2,5,8-9H2,(H,23,24,25)/t12-/m0/s1. The number of aromatic amines is 1. The number of phenols is 1. The molecule has 142 valence electrons. The molecule has 1 aliphatic rings. The zero-order chi connectivity index (χ0) is 19.0. The number of fused-ring (bicyclic) bond motifs is 1. The van der Waals surface area contributed by atoms with Crippen LogP contribution in [0.15, 0.2) is 24.3 Å². The lowest BCUT2D eigenvalue weighted by atomic mass is 10.1. The summed E-state index contributed by atoms with van der Waals surface area (Å²) in [5.74, 6) is 0.862. The number of halogens is 3. The molecule has 0 aliphatic carbocycles. The summed E-state index contributed by atoms with van der Waals surface area (Å²) in [6.07, 6.45) is 2.07. The summed E-state index contributed by atoms with van der Waals surface area (Å²) < 4.78 is 0. The van der Waals surface area contributed by atoms with Crippen molar-refractivity contribution >= 4 is 51.9 Å². The van der Waals surface area contributed by atoms with E-state index in [1.165, 1.54) is 6.07 Å². The second-order valence-corrected chi connectivity index (χ2v) is 7.86. The molecular formula is C18H18Cl3N5O. The monoisotopic (exact) mass is 425 g/mol. The van der Waals surface area contributed by atoms with Gasteiger partial charge in [0.25, 0.3) is 0 Å². The molecule has 9 heteroatoms. The maximum absolute atomic E-state index is 10.1. The summed E-state index contributed by atoms with van der Waals surface area (Å²) in [7, 11) is 0. The van der Waals surface area contributed by atoms with Crippen molar-refractivity contribution in [1.82, 2.24) is 20.3 Å². The van der Waals surface area contributed by atoms with Crippen LogP contribution in [0.1, 0.15) is 18.4 Å². The van der Waals surface area contributed by atoms with E-state index < -0.39 is 0 Å². The first-order valence-electron chi connectivity index (χ1n) is 8.67. The highest BCUT2D eigenvalue weighted by Gasteiger charge is 2.22. The Kier molecular flexibility index (Phi) is 5.32. The molecule has 4 rings (SSSR count). The van der Waals surface area contributed by atoms with Gasteiger partial charge >= 0.3 is 0 Å². The van der Waals surface area contributed by atoms with E-state index in [0.717, 1.165) is 37.4 Å². The molecule has 1 fully saturated rings. The van der Waals surface area contributed by atoms with Crippen LogP contribution in [-0.2, 0) is 6.54 Å². The predicted octanol–water partition coefficient (Wildman–Crippen LogP) is 4.38. The number of rotatable bonds is 4. The lowest BCUT2D eigenvalue weighted by Gasteiger charge is -2.33. The highest BCUT2D eigenvalue weighted by Crippen LogP contribution is 2.31. The molecule has 1 atom stereocenters. The van der Waals surface area contributed by atoms with Crippen LogP contribution in [0, 0.1) is 0 Å². The van der Waals surface area contributed by atoms with E-state index >= 15 is 0 Å². The number of aromatic nitrogens is 3. The highest BCUT2D eigenvalue weighted by atomic mass is 35.5. The molecule has 0 radical (unpaired) electrons. The second kappa shape index (κ2) is 7.72. The molecule has 1 aliphatic heterocycles. The fourth-order valence-electron chi connectivity index (χ4n) is 3.35. The Hall–Kier alpha value is -1.73. The molecule has 0 amide bonds. The lowest BCUT2D eigenvalue weighted by Crippen LogP contribution is -2.45. The van der Waals surface area contributed by atoms with E-state index in [-0.39, 0.29) is 16.8 Å². The predicted molar refractivity (Wildman–Crippen MR) is 109 cm³/mol. The molecule has 27 heavy (non-hydrogen) atoms. The van der Waals surface area contributed by atoms with Crippen molar-refractivity contribution in [3.8, 4) is 5.75 Å². The number of H-pyrrole nitrogens is 1. The quantitative estimate of drug-likeness (QED) is 0.540. The minimum absolute atomic E-state index is 0.0708. The number of piperidine rings is 1. The van der Waals surface area contributed by atoms with Crippen LogP contribution in [0.25, 0.3) is 11.2 Å². The van der Waals surface area contributed by atoms with Crippen LogP contribution in [-0.4, -0.2) is 39.2 Å². The molecule has 3 heterocycles. The number of hydrogen-bond donors (Lipinski definition) is 3. The van der Waals surface area contributed by atoms with Crippen molar-refractivity contribution < 1.29 is 5.11 Å². The molecule has 6 nitrogen and oxygen atoms in total. The number of pyridine rings is 1. The van der Waals surface area contributed by atoms with E-state index in [4.69, 9.17) is 34.8 Å². The maximum atomic E-state index is 10.1. The first-order chi connectivity index (χ1) is 13.0.